The second-order valence-electron chi connectivity index (χ2n) is 26.6. The van der Waals surface area contributed by atoms with Gasteiger partial charge in [0.2, 0.25) is 0 Å². The fourth-order valence-electron chi connectivity index (χ4n) is 17.1. The fourth-order valence-corrected chi connectivity index (χ4v) is 20.7. The fraction of sp³-hybridized carbons (Fsp3) is 0. The van der Waals surface area contributed by atoms with Gasteiger partial charge >= 0.3 is 0 Å². The van der Waals surface area contributed by atoms with Crippen LogP contribution in [0.15, 0.2) is 334 Å². The van der Waals surface area contributed by atoms with Gasteiger partial charge in [-0.2, -0.15) is 0 Å². The maximum absolute atomic E-state index is 7.93. The number of fused-ring (bicyclic) bond motifs is 17. The zero-order chi connectivity index (χ0) is 66.0. The third-order valence-corrected chi connectivity index (χ3v) is 24.8. The number of rotatable bonds is 9. The Kier molecular flexibility index (Phi) is 12.5. The first-order valence-electron chi connectivity index (χ1n) is 34.4. The van der Waals surface area contributed by atoms with Gasteiger partial charge in [0, 0.05) is 115 Å². The van der Waals surface area contributed by atoms with Crippen molar-refractivity contribution in [1.82, 2.24) is 0 Å². The molecule has 470 valence electrons. The van der Waals surface area contributed by atoms with E-state index in [0.29, 0.717) is 0 Å². The van der Waals surface area contributed by atoms with Gasteiger partial charge in [-0.1, -0.05) is 206 Å². The summed E-state index contributed by atoms with van der Waals surface area (Å²) in [6, 6.07) is 124. The summed E-state index contributed by atoms with van der Waals surface area (Å²) in [5.74, 6) is 1.65. The predicted molar refractivity (Wildman–Crippen MR) is 434 cm³/mol. The number of ether oxygens (including phenoxy) is 1. The summed E-state index contributed by atoms with van der Waals surface area (Å²) < 4.78 is 15.5. The monoisotopic (exact) mass is 1340 g/mol. The number of benzene rings is 15. The van der Waals surface area contributed by atoms with Crippen LogP contribution in [-0.2, 0) is 0 Å². The number of hydrogen-bond donors (Lipinski definition) is 0. The second kappa shape index (κ2) is 22.2. The molecule has 0 unspecified atom stereocenters. The first-order chi connectivity index (χ1) is 50.1. The minimum absolute atomic E-state index is 0.214. The highest BCUT2D eigenvalue weighted by atomic mass is 32.1. The summed E-state index contributed by atoms with van der Waals surface area (Å²) in [6.07, 6.45) is 0. The molecule has 0 aliphatic carbocycles. The molecule has 11 heteroatoms. The molecule has 101 heavy (non-hydrogen) atoms. The van der Waals surface area contributed by atoms with Gasteiger partial charge in [-0.15, -0.1) is 34.0 Å². The highest BCUT2D eigenvalue weighted by Gasteiger charge is 2.49. The second-order valence-corrected chi connectivity index (χ2v) is 29.7. The van der Waals surface area contributed by atoms with Crippen molar-refractivity contribution in [3.63, 3.8) is 0 Å². The van der Waals surface area contributed by atoms with Crippen LogP contribution >= 0.6 is 34.0 Å². The topological polar surface area (TPSA) is 25.4 Å². The van der Waals surface area contributed by atoms with Crippen LogP contribution in [0.4, 0.5) is 85.3 Å². The van der Waals surface area contributed by atoms with Gasteiger partial charge in [-0.25, -0.2) is 0 Å². The average Bonchev–Trinajstić information content (AvgIpc) is 1.20. The standard InChI is InChI=1S/C90H55B2N5OS3/c1-5-26-56(27-6-1)93(57-28-7-2-8-29-57)61-52-80-87-82(53-61)98-81-55-77-70(54-71(81)92(87)69-41-17-19-43-73(69)97(80)76-46-25-39-67-64-36-15-22-49-85(64)101-90(67)76)91-68-40-16-18-42-72(68)96(75-45-24-38-66-63-35-14-21-48-84(63)100-89(66)75)79-51-60(50-78(86(79)91)95(77)59-32-11-4-12-33-59)94(58-30-9-3-10-31-58)74-44-23-37-65-62-34-13-20-47-83(62)99-88(65)74/h1-55H. The van der Waals surface area contributed by atoms with E-state index in [1.807, 2.05) is 34.0 Å². The Morgan fingerprint density at radius 1 is 0.248 bits per heavy atom. The zero-order valence-electron chi connectivity index (χ0n) is 54.3. The molecule has 0 bridgehead atoms. The van der Waals surface area contributed by atoms with Gasteiger partial charge in [-0.3, -0.25) is 0 Å². The van der Waals surface area contributed by atoms with Crippen LogP contribution in [0.1, 0.15) is 0 Å². The first kappa shape index (κ1) is 56.9. The highest BCUT2D eigenvalue weighted by Crippen LogP contribution is 2.55. The van der Waals surface area contributed by atoms with E-state index >= 15 is 0 Å². The van der Waals surface area contributed by atoms with Crippen LogP contribution in [0.2, 0.25) is 0 Å². The lowest BCUT2D eigenvalue weighted by molar-refractivity contribution is 0.488. The van der Waals surface area contributed by atoms with Crippen molar-refractivity contribution in [1.29, 1.82) is 0 Å². The summed E-state index contributed by atoms with van der Waals surface area (Å²) >= 11 is 5.62. The van der Waals surface area contributed by atoms with Gasteiger partial charge in [0.15, 0.2) is 0 Å². The molecule has 0 atom stereocenters. The molecule has 0 saturated heterocycles. The van der Waals surface area contributed by atoms with Crippen LogP contribution in [0.25, 0.3) is 60.5 Å². The quantitative estimate of drug-likeness (QED) is 0.134. The highest BCUT2D eigenvalue weighted by molar-refractivity contribution is 7.27. The average molecular weight is 1340 g/mol. The minimum atomic E-state index is -0.218. The molecule has 4 aliphatic rings. The van der Waals surface area contributed by atoms with E-state index in [1.165, 1.54) is 82.4 Å². The molecule has 0 spiro atoms. The van der Waals surface area contributed by atoms with Crippen LogP contribution in [-0.4, -0.2) is 13.4 Å². The van der Waals surface area contributed by atoms with Crippen LogP contribution < -0.4 is 62.0 Å². The molecule has 18 aromatic rings. The lowest BCUT2D eigenvalue weighted by Gasteiger charge is -2.46. The number of para-hydroxylation sites is 6. The van der Waals surface area contributed by atoms with E-state index in [2.05, 4.69) is 358 Å². The van der Waals surface area contributed by atoms with Gasteiger partial charge in [0.25, 0.3) is 13.4 Å². The number of anilines is 15. The van der Waals surface area contributed by atoms with E-state index in [9.17, 15) is 0 Å². The molecule has 4 aliphatic heterocycles. The summed E-state index contributed by atoms with van der Waals surface area (Å²) in [4.78, 5) is 12.6. The molecule has 0 N–H and O–H groups in total. The van der Waals surface area contributed by atoms with E-state index in [1.54, 1.807) is 0 Å². The molecule has 7 heterocycles. The lowest BCUT2D eigenvalue weighted by atomic mass is 9.30. The third-order valence-electron chi connectivity index (χ3n) is 21.2. The van der Waals surface area contributed by atoms with Crippen molar-refractivity contribution >= 4 is 226 Å². The minimum Gasteiger partial charge on any atom is -0.458 e. The summed E-state index contributed by atoms with van der Waals surface area (Å²) in [7, 11) is 0. The molecule has 22 rings (SSSR count). The van der Waals surface area contributed by atoms with Crippen molar-refractivity contribution in [2.75, 3.05) is 24.5 Å². The maximum atomic E-state index is 7.93. The van der Waals surface area contributed by atoms with Crippen molar-refractivity contribution in [2.45, 2.75) is 0 Å². The Morgan fingerprint density at radius 2 is 0.653 bits per heavy atom. The Bertz CT molecular complexity index is 6420. The number of nitrogens with zero attached hydrogens (tertiary/aromatic N) is 5. The van der Waals surface area contributed by atoms with Gasteiger partial charge in [-0.05, 0) is 148 Å². The molecule has 0 amide bonds. The molecule has 0 fully saturated rings. The largest absolute Gasteiger partial charge is 0.458 e. The van der Waals surface area contributed by atoms with Crippen molar-refractivity contribution in [3.05, 3.63) is 334 Å². The number of thiophene rings is 3. The molecular weight excluding hydrogens is 1280 g/mol. The van der Waals surface area contributed by atoms with Gasteiger partial charge in [0.05, 0.1) is 42.5 Å². The van der Waals surface area contributed by atoms with E-state index in [0.717, 1.165) is 108 Å². The van der Waals surface area contributed by atoms with Crippen molar-refractivity contribution in [2.24, 2.45) is 0 Å². The molecular formula is C90H55B2N5OS3. The normalized spacial score (nSPS) is 13.1. The van der Waals surface area contributed by atoms with Crippen LogP contribution in [0.5, 0.6) is 11.5 Å². The van der Waals surface area contributed by atoms with E-state index in [4.69, 9.17) is 4.74 Å². The van der Waals surface area contributed by atoms with E-state index in [-0.39, 0.29) is 13.4 Å². The molecule has 6 nitrogen and oxygen atoms in total. The van der Waals surface area contributed by atoms with Gasteiger partial charge < -0.3 is 29.2 Å². The zero-order valence-corrected chi connectivity index (χ0v) is 56.7. The predicted octanol–water partition coefficient (Wildman–Crippen LogP) is 22.2. The summed E-state index contributed by atoms with van der Waals surface area (Å²) in [6.45, 7) is -0.432. The van der Waals surface area contributed by atoms with Crippen molar-refractivity contribution < 1.29 is 4.74 Å². The molecule has 0 radical (unpaired) electrons. The van der Waals surface area contributed by atoms with Crippen molar-refractivity contribution in [3.8, 4) is 11.5 Å². The molecule has 0 saturated carbocycles. The lowest BCUT2D eigenvalue weighted by Crippen LogP contribution is -2.64. The maximum Gasteiger partial charge on any atom is 0.256 e. The third kappa shape index (κ3) is 8.46. The first-order valence-corrected chi connectivity index (χ1v) is 36.9. The SMILES string of the molecule is c1ccc(N(c2ccccc2)c2cc3c4c(c2)N(c2cccc5c2sc2ccccc25)c2ccccc2B4c2cc4c(cc2O3)N(c2ccccc2)c2cc(N(c3ccccc3)c3cccc5c3sc3ccccc35)cc3c2B4c2ccccc2N3c2cccc3c2sc2ccccc23)cc1. The van der Waals surface area contributed by atoms with Gasteiger partial charge in [0.1, 0.15) is 11.5 Å². The summed E-state index contributed by atoms with van der Waals surface area (Å²) in [5.41, 5.74) is 23.6. The van der Waals surface area contributed by atoms with E-state index < -0.39 is 0 Å². The Morgan fingerprint density at radius 3 is 1.21 bits per heavy atom. The van der Waals surface area contributed by atoms with Crippen LogP contribution in [0.3, 0.4) is 0 Å². The smallest absolute Gasteiger partial charge is 0.256 e. The van der Waals surface area contributed by atoms with Crippen LogP contribution in [0, 0.1) is 0 Å². The Hall–Kier alpha value is -12.1. The molecule has 15 aromatic carbocycles. The summed E-state index contributed by atoms with van der Waals surface area (Å²) in [5, 5.41) is 7.55. The molecule has 3 aromatic heterocycles. The number of hydrogen-bond acceptors (Lipinski definition) is 9. The Balaban J connectivity index is 0.830. The Labute approximate surface area is 596 Å².